The van der Waals surface area contributed by atoms with Gasteiger partial charge in [-0.3, -0.25) is 4.79 Å². The SMILES string of the molecule is CCCCCCC(O)C/C=C\CCCCCCCC(=O)NC(C(=O)O)C(C)CC. The Bertz CT molecular complexity index is 450. The second kappa shape index (κ2) is 18.7. The van der Waals surface area contributed by atoms with E-state index in [2.05, 4.69) is 24.4 Å². The molecule has 0 aliphatic heterocycles. The second-order valence-electron chi connectivity index (χ2n) is 8.29. The first-order valence-electron chi connectivity index (χ1n) is 11.8. The van der Waals surface area contributed by atoms with Crippen molar-refractivity contribution < 1.29 is 19.8 Å². The van der Waals surface area contributed by atoms with Crippen LogP contribution in [0.15, 0.2) is 12.2 Å². The first-order chi connectivity index (χ1) is 13.9. The lowest BCUT2D eigenvalue weighted by Crippen LogP contribution is -2.44. The van der Waals surface area contributed by atoms with Crippen LogP contribution in [0.25, 0.3) is 0 Å². The first-order valence-corrected chi connectivity index (χ1v) is 11.8. The molecule has 5 heteroatoms. The number of carbonyl (C=O) groups excluding carboxylic acids is 1. The highest BCUT2D eigenvalue weighted by atomic mass is 16.4. The molecular weight excluding hydrogens is 366 g/mol. The quantitative estimate of drug-likeness (QED) is 0.190. The highest BCUT2D eigenvalue weighted by Gasteiger charge is 2.24. The highest BCUT2D eigenvalue weighted by Crippen LogP contribution is 2.12. The monoisotopic (exact) mass is 411 g/mol. The standard InChI is InChI=1S/C24H45NO4/c1-4-6-7-14-17-21(26)18-15-12-10-8-9-11-13-16-19-22(27)25-23(24(28)29)20(3)5-2/h12,15,20-21,23,26H,4-11,13-14,16-19H2,1-3H3,(H,25,27)(H,28,29)/b15-12-. The van der Waals surface area contributed by atoms with Gasteiger partial charge in [0.25, 0.3) is 0 Å². The molecule has 0 saturated carbocycles. The number of carbonyl (C=O) groups is 2. The Morgan fingerprint density at radius 2 is 1.59 bits per heavy atom. The number of aliphatic hydroxyl groups excluding tert-OH is 1. The van der Waals surface area contributed by atoms with Crippen molar-refractivity contribution in [3.05, 3.63) is 12.2 Å². The average Bonchev–Trinajstić information content (AvgIpc) is 2.70. The normalized spacial score (nSPS) is 14.6. The Morgan fingerprint density at radius 1 is 0.931 bits per heavy atom. The number of hydrogen-bond donors (Lipinski definition) is 3. The van der Waals surface area contributed by atoms with E-state index in [1.807, 2.05) is 13.8 Å². The number of allylic oxidation sites excluding steroid dienone is 1. The average molecular weight is 412 g/mol. The van der Waals surface area contributed by atoms with E-state index in [9.17, 15) is 19.8 Å². The summed E-state index contributed by atoms with van der Waals surface area (Å²) in [6.07, 6.45) is 17.9. The highest BCUT2D eigenvalue weighted by molar-refractivity contribution is 5.83. The molecule has 0 heterocycles. The van der Waals surface area contributed by atoms with Crippen LogP contribution in [-0.4, -0.2) is 34.2 Å². The van der Waals surface area contributed by atoms with E-state index in [4.69, 9.17) is 0 Å². The molecule has 1 amide bonds. The van der Waals surface area contributed by atoms with Gasteiger partial charge in [-0.1, -0.05) is 84.3 Å². The molecule has 0 rings (SSSR count). The fourth-order valence-corrected chi connectivity index (χ4v) is 3.30. The largest absolute Gasteiger partial charge is 0.480 e. The van der Waals surface area contributed by atoms with E-state index in [1.165, 1.54) is 19.3 Å². The van der Waals surface area contributed by atoms with Crippen LogP contribution >= 0.6 is 0 Å². The molecule has 0 aromatic carbocycles. The molecule has 0 aliphatic carbocycles. The lowest BCUT2D eigenvalue weighted by molar-refractivity contribution is -0.143. The number of hydrogen-bond acceptors (Lipinski definition) is 3. The summed E-state index contributed by atoms with van der Waals surface area (Å²) in [6.45, 7) is 5.97. The topological polar surface area (TPSA) is 86.6 Å². The van der Waals surface area contributed by atoms with Crippen LogP contribution < -0.4 is 5.32 Å². The summed E-state index contributed by atoms with van der Waals surface area (Å²) < 4.78 is 0. The Hall–Kier alpha value is -1.36. The molecule has 3 unspecified atom stereocenters. The van der Waals surface area contributed by atoms with Gasteiger partial charge in [0, 0.05) is 6.42 Å². The van der Waals surface area contributed by atoms with E-state index < -0.39 is 12.0 Å². The third-order valence-electron chi connectivity index (χ3n) is 5.54. The molecule has 0 bridgehead atoms. The lowest BCUT2D eigenvalue weighted by atomic mass is 9.99. The van der Waals surface area contributed by atoms with Crippen LogP contribution in [0, 0.1) is 5.92 Å². The van der Waals surface area contributed by atoms with Gasteiger partial charge >= 0.3 is 5.97 Å². The van der Waals surface area contributed by atoms with Gasteiger partial charge in [0.05, 0.1) is 6.10 Å². The molecule has 3 N–H and O–H groups in total. The fourth-order valence-electron chi connectivity index (χ4n) is 3.30. The summed E-state index contributed by atoms with van der Waals surface area (Å²) in [5.74, 6) is -1.18. The number of amides is 1. The smallest absolute Gasteiger partial charge is 0.326 e. The van der Waals surface area contributed by atoms with Crippen molar-refractivity contribution in [1.29, 1.82) is 0 Å². The van der Waals surface area contributed by atoms with Gasteiger partial charge in [-0.25, -0.2) is 4.79 Å². The maximum absolute atomic E-state index is 11.9. The van der Waals surface area contributed by atoms with E-state index in [0.29, 0.717) is 6.42 Å². The summed E-state index contributed by atoms with van der Waals surface area (Å²) in [4.78, 5) is 23.2. The van der Waals surface area contributed by atoms with Crippen LogP contribution in [0.4, 0.5) is 0 Å². The van der Waals surface area contributed by atoms with Crippen molar-refractivity contribution in [2.75, 3.05) is 0 Å². The van der Waals surface area contributed by atoms with Gasteiger partial charge in [-0.15, -0.1) is 0 Å². The predicted molar refractivity (Wildman–Crippen MR) is 120 cm³/mol. The van der Waals surface area contributed by atoms with Crippen molar-refractivity contribution >= 4 is 11.9 Å². The van der Waals surface area contributed by atoms with Crippen molar-refractivity contribution in [2.24, 2.45) is 5.92 Å². The predicted octanol–water partition coefficient (Wildman–Crippen LogP) is 5.61. The molecule has 29 heavy (non-hydrogen) atoms. The minimum atomic E-state index is -0.954. The molecule has 170 valence electrons. The molecule has 3 atom stereocenters. The van der Waals surface area contributed by atoms with Crippen LogP contribution in [-0.2, 0) is 9.59 Å². The number of carboxylic acid groups (broad SMARTS) is 1. The van der Waals surface area contributed by atoms with Crippen LogP contribution in [0.3, 0.4) is 0 Å². The summed E-state index contributed by atoms with van der Waals surface area (Å²) in [5.41, 5.74) is 0. The van der Waals surface area contributed by atoms with E-state index >= 15 is 0 Å². The van der Waals surface area contributed by atoms with Gasteiger partial charge in [0.1, 0.15) is 6.04 Å². The number of aliphatic hydroxyl groups is 1. The molecule has 0 spiro atoms. The zero-order chi connectivity index (χ0) is 21.9. The molecule has 0 saturated heterocycles. The summed E-state index contributed by atoms with van der Waals surface area (Å²) in [7, 11) is 0. The summed E-state index contributed by atoms with van der Waals surface area (Å²) in [5, 5.41) is 21.8. The van der Waals surface area contributed by atoms with Crippen molar-refractivity contribution in [2.45, 2.75) is 123 Å². The molecule has 0 aromatic rings. The number of rotatable bonds is 19. The third-order valence-corrected chi connectivity index (χ3v) is 5.54. The Balaban J connectivity index is 3.63. The van der Waals surface area contributed by atoms with Gasteiger partial charge in [-0.05, 0) is 38.0 Å². The molecular formula is C24H45NO4. The molecule has 0 radical (unpaired) electrons. The fraction of sp³-hybridized carbons (Fsp3) is 0.833. The van der Waals surface area contributed by atoms with Gasteiger partial charge in [0.15, 0.2) is 0 Å². The second-order valence-corrected chi connectivity index (χ2v) is 8.29. The lowest BCUT2D eigenvalue weighted by Gasteiger charge is -2.20. The molecule has 5 nitrogen and oxygen atoms in total. The summed E-state index contributed by atoms with van der Waals surface area (Å²) in [6, 6.07) is -0.783. The minimum absolute atomic E-state index is 0.0633. The minimum Gasteiger partial charge on any atom is -0.480 e. The van der Waals surface area contributed by atoms with Crippen LogP contribution in [0.5, 0.6) is 0 Å². The Kier molecular flexibility index (Phi) is 17.8. The Labute approximate surface area is 178 Å². The molecule has 0 aliphatic rings. The maximum atomic E-state index is 11.9. The van der Waals surface area contributed by atoms with Crippen molar-refractivity contribution in [3.63, 3.8) is 0 Å². The zero-order valence-electron chi connectivity index (χ0n) is 19.0. The molecule has 0 fully saturated rings. The van der Waals surface area contributed by atoms with E-state index in [-0.39, 0.29) is 17.9 Å². The third kappa shape index (κ3) is 16.2. The number of aliphatic carboxylic acids is 1. The van der Waals surface area contributed by atoms with E-state index in [0.717, 1.165) is 64.2 Å². The first kappa shape index (κ1) is 27.6. The van der Waals surface area contributed by atoms with Crippen molar-refractivity contribution in [3.8, 4) is 0 Å². The number of unbranched alkanes of at least 4 members (excludes halogenated alkanes) is 8. The van der Waals surface area contributed by atoms with Crippen LogP contribution in [0.1, 0.15) is 111 Å². The number of carboxylic acids is 1. The van der Waals surface area contributed by atoms with E-state index in [1.54, 1.807) is 0 Å². The zero-order valence-corrected chi connectivity index (χ0v) is 19.0. The van der Waals surface area contributed by atoms with Gasteiger partial charge in [0.2, 0.25) is 5.91 Å². The van der Waals surface area contributed by atoms with Gasteiger partial charge < -0.3 is 15.5 Å². The molecule has 0 aromatic heterocycles. The maximum Gasteiger partial charge on any atom is 0.326 e. The van der Waals surface area contributed by atoms with Gasteiger partial charge in [-0.2, -0.15) is 0 Å². The van der Waals surface area contributed by atoms with Crippen LogP contribution in [0.2, 0.25) is 0 Å². The Morgan fingerprint density at radius 3 is 2.24 bits per heavy atom. The van der Waals surface area contributed by atoms with Crippen molar-refractivity contribution in [1.82, 2.24) is 5.32 Å². The number of nitrogens with one attached hydrogen (secondary N) is 1. The summed E-state index contributed by atoms with van der Waals surface area (Å²) >= 11 is 0.